The number of phenolic OH excluding ortho intramolecular Hbond substituents is 1. The minimum absolute atomic E-state index is 0.00264. The van der Waals surface area contributed by atoms with Gasteiger partial charge in [0.1, 0.15) is 48.0 Å². The number of epoxide rings is 1. The highest BCUT2D eigenvalue weighted by molar-refractivity contribution is 5.89. The van der Waals surface area contributed by atoms with E-state index in [4.69, 9.17) is 23.7 Å². The molecule has 4 aliphatic rings. The van der Waals surface area contributed by atoms with E-state index in [0.29, 0.717) is 0 Å². The van der Waals surface area contributed by atoms with E-state index in [2.05, 4.69) is 0 Å². The first-order chi connectivity index (χ1) is 16.3. The van der Waals surface area contributed by atoms with Crippen molar-refractivity contribution in [3.8, 4) is 5.75 Å². The third-order valence-electron chi connectivity index (χ3n) is 6.94. The van der Waals surface area contributed by atoms with Gasteiger partial charge in [0.15, 0.2) is 6.29 Å². The number of aliphatic hydroxyl groups excluding tert-OH is 5. The molecule has 12 nitrogen and oxygen atoms in total. The van der Waals surface area contributed by atoms with E-state index < -0.39 is 85.8 Å². The maximum atomic E-state index is 12.7. The molecule has 6 N–H and O–H groups in total. The second-order valence-electron chi connectivity index (χ2n) is 8.84. The van der Waals surface area contributed by atoms with Crippen LogP contribution in [-0.2, 0) is 23.7 Å². The molecule has 12 heteroatoms. The third kappa shape index (κ3) is 3.67. The van der Waals surface area contributed by atoms with E-state index in [9.17, 15) is 35.4 Å². The Morgan fingerprint density at radius 3 is 2.44 bits per heavy atom. The van der Waals surface area contributed by atoms with Gasteiger partial charge in [-0.05, 0) is 30.3 Å². The average molecular weight is 482 g/mol. The van der Waals surface area contributed by atoms with Crippen LogP contribution in [0.5, 0.6) is 5.75 Å². The standard InChI is InChI=1S/C22H26O12/c23-7-12-14(26)15(27)16(28)21(31-12)33-20-13-11(5-6-30-20)17(18-22(13,8-24)34-18)32-19(29)9-1-3-10(25)4-2-9/h1-6,11-18,20-21,23-28H,7-8H2/t11-,12-,13?,14-,15+,16-,17+,18+,20+,21+,22-/m1/s1. The fraction of sp³-hybridized carbons (Fsp3) is 0.591. The predicted molar refractivity (Wildman–Crippen MR) is 108 cm³/mol. The Balaban J connectivity index is 1.34. The maximum absolute atomic E-state index is 12.7. The van der Waals surface area contributed by atoms with E-state index in [-0.39, 0.29) is 11.3 Å². The van der Waals surface area contributed by atoms with Crippen molar-refractivity contribution < 1.29 is 59.1 Å². The summed E-state index contributed by atoms with van der Waals surface area (Å²) in [5.74, 6) is -1.78. The minimum atomic E-state index is -1.64. The molecule has 0 amide bonds. The Bertz CT molecular complexity index is 934. The number of esters is 1. The second kappa shape index (κ2) is 8.73. The number of ether oxygens (including phenoxy) is 5. The van der Waals surface area contributed by atoms with Crippen LogP contribution in [0, 0.1) is 11.8 Å². The number of aliphatic hydroxyl groups is 5. The molecular formula is C22H26O12. The van der Waals surface area contributed by atoms with Crippen molar-refractivity contribution in [2.45, 2.75) is 54.8 Å². The SMILES string of the molecule is O=C(O[C@H]1[C@@H]2C=CO[C@@H](O[C@@H]3O[C@H](CO)[C@@H](O)[C@H](O)[C@H]3O)C2[C@@]2(CO)O[C@@H]12)c1ccc(O)cc1. The molecule has 0 spiro atoms. The zero-order chi connectivity index (χ0) is 24.2. The first-order valence-electron chi connectivity index (χ1n) is 10.9. The predicted octanol–water partition coefficient (Wildman–Crippen LogP) is -2.02. The number of phenols is 1. The highest BCUT2D eigenvalue weighted by Crippen LogP contribution is 2.60. The Hall–Kier alpha value is -2.29. The Morgan fingerprint density at radius 1 is 1.03 bits per heavy atom. The van der Waals surface area contributed by atoms with Crippen molar-refractivity contribution in [2.24, 2.45) is 11.8 Å². The van der Waals surface area contributed by atoms with Gasteiger partial charge in [-0.25, -0.2) is 4.79 Å². The number of carbonyl (C=O) groups is 1. The lowest BCUT2D eigenvalue weighted by Gasteiger charge is -2.43. The fourth-order valence-corrected chi connectivity index (χ4v) is 5.08. The Morgan fingerprint density at radius 2 is 1.76 bits per heavy atom. The smallest absolute Gasteiger partial charge is 0.338 e. The van der Waals surface area contributed by atoms with Crippen molar-refractivity contribution >= 4 is 5.97 Å². The summed E-state index contributed by atoms with van der Waals surface area (Å²) < 4.78 is 28.3. The third-order valence-corrected chi connectivity index (χ3v) is 6.94. The van der Waals surface area contributed by atoms with Gasteiger partial charge in [0.25, 0.3) is 0 Å². The van der Waals surface area contributed by atoms with E-state index >= 15 is 0 Å². The summed E-state index contributed by atoms with van der Waals surface area (Å²) in [6, 6.07) is 5.56. The lowest BCUT2D eigenvalue weighted by molar-refractivity contribution is -0.344. The van der Waals surface area contributed by atoms with Crippen LogP contribution in [0.25, 0.3) is 0 Å². The number of benzene rings is 1. The molecule has 11 atom stereocenters. The summed E-state index contributed by atoms with van der Waals surface area (Å²) in [5.41, 5.74) is -0.907. The summed E-state index contributed by atoms with van der Waals surface area (Å²) in [4.78, 5) is 12.7. The molecule has 1 unspecified atom stereocenters. The van der Waals surface area contributed by atoms with Crippen LogP contribution in [0.2, 0.25) is 0 Å². The van der Waals surface area contributed by atoms with Gasteiger partial charge >= 0.3 is 5.97 Å². The number of hydrogen-bond donors (Lipinski definition) is 6. The van der Waals surface area contributed by atoms with Crippen LogP contribution in [0.4, 0.5) is 0 Å². The molecule has 3 aliphatic heterocycles. The monoisotopic (exact) mass is 482 g/mol. The largest absolute Gasteiger partial charge is 0.508 e. The van der Waals surface area contributed by atoms with Crippen LogP contribution in [-0.4, -0.2) is 105 Å². The van der Waals surface area contributed by atoms with Gasteiger partial charge in [-0.15, -0.1) is 0 Å². The van der Waals surface area contributed by atoms with E-state index in [0.717, 1.165) is 0 Å². The number of aromatic hydroxyl groups is 1. The van der Waals surface area contributed by atoms with E-state index in [1.165, 1.54) is 30.5 Å². The molecule has 186 valence electrons. The Labute approximate surface area is 193 Å². The van der Waals surface area contributed by atoms with Crippen LogP contribution in [0.3, 0.4) is 0 Å². The van der Waals surface area contributed by atoms with E-state index in [1.54, 1.807) is 6.08 Å². The fourth-order valence-electron chi connectivity index (χ4n) is 5.08. The molecule has 3 heterocycles. The summed E-state index contributed by atoms with van der Waals surface area (Å²) in [6.45, 7) is -1.04. The van der Waals surface area contributed by atoms with Crippen LogP contribution in [0.15, 0.2) is 36.6 Å². The van der Waals surface area contributed by atoms with Gasteiger partial charge in [0, 0.05) is 5.92 Å². The van der Waals surface area contributed by atoms with Crippen molar-refractivity contribution in [1.82, 2.24) is 0 Å². The van der Waals surface area contributed by atoms with Crippen molar-refractivity contribution in [1.29, 1.82) is 0 Å². The first-order valence-corrected chi connectivity index (χ1v) is 10.9. The summed E-state index contributed by atoms with van der Waals surface area (Å²) in [6.07, 6.45) is -6.99. The van der Waals surface area contributed by atoms with Crippen molar-refractivity contribution in [3.05, 3.63) is 42.2 Å². The quantitative estimate of drug-likeness (QED) is 0.193. The molecule has 1 saturated carbocycles. The highest BCUT2D eigenvalue weighted by Gasteiger charge is 2.77. The van der Waals surface area contributed by atoms with Gasteiger partial charge in [0.05, 0.1) is 31.0 Å². The molecular weight excluding hydrogens is 456 g/mol. The molecule has 1 aromatic carbocycles. The van der Waals surface area contributed by atoms with Crippen molar-refractivity contribution in [2.75, 3.05) is 13.2 Å². The van der Waals surface area contributed by atoms with Crippen LogP contribution in [0.1, 0.15) is 10.4 Å². The number of carbonyl (C=O) groups excluding carboxylic acids is 1. The molecule has 1 aromatic rings. The zero-order valence-electron chi connectivity index (χ0n) is 17.8. The number of rotatable bonds is 6. The molecule has 0 radical (unpaired) electrons. The maximum Gasteiger partial charge on any atom is 0.338 e. The average Bonchev–Trinajstić information content (AvgIpc) is 3.52. The number of fused-ring (bicyclic) bond motifs is 3. The Kier molecular flexibility index (Phi) is 6.02. The topological polar surface area (TPSA) is 188 Å². The molecule has 34 heavy (non-hydrogen) atoms. The highest BCUT2D eigenvalue weighted by atomic mass is 16.8. The lowest BCUT2D eigenvalue weighted by atomic mass is 9.85. The lowest BCUT2D eigenvalue weighted by Crippen LogP contribution is -2.60. The van der Waals surface area contributed by atoms with Gasteiger partial charge in [-0.1, -0.05) is 0 Å². The minimum Gasteiger partial charge on any atom is -0.508 e. The first kappa shape index (κ1) is 23.5. The second-order valence-corrected chi connectivity index (χ2v) is 8.84. The molecule has 1 aliphatic carbocycles. The van der Waals surface area contributed by atoms with Gasteiger partial charge in [-0.3, -0.25) is 0 Å². The summed E-state index contributed by atoms with van der Waals surface area (Å²) in [7, 11) is 0. The van der Waals surface area contributed by atoms with Crippen LogP contribution >= 0.6 is 0 Å². The molecule has 5 rings (SSSR count). The summed E-state index contributed by atoms with van der Waals surface area (Å²) in [5, 5.41) is 59.3. The molecule has 0 aromatic heterocycles. The summed E-state index contributed by atoms with van der Waals surface area (Å²) >= 11 is 0. The van der Waals surface area contributed by atoms with E-state index in [1.807, 2.05) is 0 Å². The van der Waals surface area contributed by atoms with Crippen molar-refractivity contribution in [3.63, 3.8) is 0 Å². The molecule has 3 fully saturated rings. The van der Waals surface area contributed by atoms with Gasteiger partial charge in [0.2, 0.25) is 6.29 Å². The molecule has 2 saturated heterocycles. The number of hydrogen-bond acceptors (Lipinski definition) is 12. The van der Waals surface area contributed by atoms with Gasteiger partial charge < -0.3 is 54.3 Å². The van der Waals surface area contributed by atoms with Gasteiger partial charge in [-0.2, -0.15) is 0 Å². The molecule has 0 bridgehead atoms. The van der Waals surface area contributed by atoms with Crippen LogP contribution < -0.4 is 0 Å². The normalized spacial score (nSPS) is 44.6. The zero-order valence-corrected chi connectivity index (χ0v) is 17.8.